The Kier molecular flexibility index (Phi) is 10.5. The smallest absolute Gasteiger partial charge is 0.387 e. The predicted octanol–water partition coefficient (Wildman–Crippen LogP) is 5.26. The number of carbonyl (C=O) groups is 2. The van der Waals surface area contributed by atoms with Gasteiger partial charge in [-0.15, -0.1) is 0 Å². The second-order valence-electron chi connectivity index (χ2n) is 12.3. The Morgan fingerprint density at radius 2 is 1.79 bits per heavy atom. The van der Waals surface area contributed by atoms with Gasteiger partial charge >= 0.3 is 6.61 Å². The number of hydrogen-bond donors (Lipinski definition) is 2. The van der Waals surface area contributed by atoms with E-state index < -0.39 is 6.61 Å². The molecule has 2 unspecified atom stereocenters. The minimum Gasteiger partial charge on any atom is -0.435 e. The number of imidazole rings is 1. The third-order valence-corrected chi connectivity index (χ3v) is 9.15. The van der Waals surface area contributed by atoms with Gasteiger partial charge < -0.3 is 30.3 Å². The van der Waals surface area contributed by atoms with Crippen LogP contribution in [0.4, 0.5) is 20.3 Å². The molecule has 2 fully saturated rings. The molecule has 13 heteroatoms. The zero-order valence-electron chi connectivity index (χ0n) is 27.0. The van der Waals surface area contributed by atoms with E-state index in [1.165, 1.54) is 12.1 Å². The zero-order valence-corrected chi connectivity index (χ0v) is 27.0. The van der Waals surface area contributed by atoms with Crippen molar-refractivity contribution in [3.8, 4) is 17.0 Å². The molecule has 0 aliphatic carbocycles. The van der Waals surface area contributed by atoms with Gasteiger partial charge in [0.1, 0.15) is 5.75 Å². The van der Waals surface area contributed by atoms with E-state index in [1.807, 2.05) is 39.3 Å². The first kappa shape index (κ1) is 33.3. The van der Waals surface area contributed by atoms with Crippen molar-refractivity contribution < 1.29 is 27.8 Å². The van der Waals surface area contributed by atoms with Crippen molar-refractivity contribution in [1.29, 1.82) is 0 Å². The lowest BCUT2D eigenvalue weighted by Crippen LogP contribution is -2.52. The maximum Gasteiger partial charge on any atom is 0.387 e. The van der Waals surface area contributed by atoms with Crippen LogP contribution in [0.5, 0.6) is 5.75 Å². The number of fused-ring (bicyclic) bond motifs is 1. The number of hydrogen-bond acceptors (Lipinski definition) is 8. The molecule has 2 aliphatic rings. The second kappa shape index (κ2) is 15.1. The highest BCUT2D eigenvalue weighted by molar-refractivity contribution is 5.96. The van der Waals surface area contributed by atoms with Crippen LogP contribution in [0.15, 0.2) is 61.1 Å². The number of ether oxygens (including phenoxy) is 2. The molecular weight excluding hydrogens is 620 g/mol. The van der Waals surface area contributed by atoms with Crippen LogP contribution in [0, 0.1) is 12.8 Å². The molecule has 48 heavy (non-hydrogen) atoms. The highest BCUT2D eigenvalue weighted by Gasteiger charge is 2.30. The number of alkyl halides is 2. The molecule has 2 saturated heterocycles. The maximum atomic E-state index is 13.6. The van der Waals surface area contributed by atoms with Crippen molar-refractivity contribution in [2.24, 2.45) is 11.7 Å². The first-order valence-electron chi connectivity index (χ1n) is 16.5. The van der Waals surface area contributed by atoms with Crippen LogP contribution in [0.3, 0.4) is 0 Å². The van der Waals surface area contributed by atoms with Crippen molar-refractivity contribution in [2.45, 2.75) is 51.7 Å². The van der Waals surface area contributed by atoms with E-state index in [4.69, 9.17) is 10.5 Å². The molecule has 0 radical (unpaired) electrons. The fraction of sp³-hybridized carbons (Fsp3) is 0.429. The molecule has 2 aromatic heterocycles. The minimum atomic E-state index is -2.89. The van der Waals surface area contributed by atoms with Gasteiger partial charge in [-0.05, 0) is 80.6 Å². The number of nitrogens with two attached hydrogens (primary N) is 1. The molecule has 254 valence electrons. The fourth-order valence-corrected chi connectivity index (χ4v) is 6.50. The Balaban J connectivity index is 1.08. The molecule has 6 rings (SSSR count). The maximum absolute atomic E-state index is 13.6. The van der Waals surface area contributed by atoms with Crippen molar-refractivity contribution in [3.63, 3.8) is 0 Å². The van der Waals surface area contributed by atoms with E-state index in [0.717, 1.165) is 54.6 Å². The van der Waals surface area contributed by atoms with E-state index >= 15 is 0 Å². The molecule has 2 atom stereocenters. The van der Waals surface area contributed by atoms with Crippen LogP contribution >= 0.6 is 0 Å². The van der Waals surface area contributed by atoms with Gasteiger partial charge in [-0.2, -0.15) is 8.78 Å². The van der Waals surface area contributed by atoms with E-state index in [2.05, 4.69) is 20.0 Å². The van der Waals surface area contributed by atoms with Gasteiger partial charge in [-0.3, -0.25) is 14.0 Å². The number of rotatable bonds is 8. The Morgan fingerprint density at radius 1 is 1.02 bits per heavy atom. The summed E-state index contributed by atoms with van der Waals surface area (Å²) in [5.74, 6) is 0.693. The lowest BCUT2D eigenvalue weighted by molar-refractivity contribution is -0.137. The first-order chi connectivity index (χ1) is 23.3. The molecule has 0 bridgehead atoms. The van der Waals surface area contributed by atoms with Gasteiger partial charge in [0, 0.05) is 74.5 Å². The number of carbonyl (C=O) groups excluding carboxylic acids is 2. The quantitative estimate of drug-likeness (QED) is 0.262. The molecule has 4 heterocycles. The van der Waals surface area contributed by atoms with E-state index in [1.54, 1.807) is 30.7 Å². The fourth-order valence-electron chi connectivity index (χ4n) is 6.50. The Bertz CT molecular complexity index is 1720. The summed E-state index contributed by atoms with van der Waals surface area (Å²) in [6.45, 7) is 2.19. The number of piperazine rings is 1. The van der Waals surface area contributed by atoms with Crippen LogP contribution in [0.1, 0.15) is 48.0 Å². The average molecular weight is 662 g/mol. The van der Waals surface area contributed by atoms with Crippen molar-refractivity contribution in [1.82, 2.24) is 24.2 Å². The van der Waals surface area contributed by atoms with Crippen LogP contribution in [-0.4, -0.2) is 88.0 Å². The molecule has 0 saturated carbocycles. The van der Waals surface area contributed by atoms with Crippen LogP contribution in [0.2, 0.25) is 0 Å². The van der Waals surface area contributed by atoms with Gasteiger partial charge in [0.15, 0.2) is 11.5 Å². The third kappa shape index (κ3) is 7.57. The second-order valence-corrected chi connectivity index (χ2v) is 12.3. The third-order valence-electron chi connectivity index (χ3n) is 9.15. The number of halogens is 2. The van der Waals surface area contributed by atoms with E-state index in [-0.39, 0.29) is 29.6 Å². The largest absolute Gasteiger partial charge is 0.435 e. The molecule has 4 aromatic rings. The summed E-state index contributed by atoms with van der Waals surface area (Å²) >= 11 is 0. The van der Waals surface area contributed by atoms with Gasteiger partial charge in [0.2, 0.25) is 5.91 Å². The van der Waals surface area contributed by atoms with Crippen molar-refractivity contribution in [3.05, 3.63) is 72.2 Å². The van der Waals surface area contributed by atoms with Gasteiger partial charge in [-0.25, -0.2) is 9.97 Å². The van der Waals surface area contributed by atoms with Gasteiger partial charge in [-0.1, -0.05) is 6.42 Å². The number of nitrogens with zero attached hydrogens (tertiary/aromatic N) is 5. The number of aromatic nitrogens is 3. The van der Waals surface area contributed by atoms with Gasteiger partial charge in [0.05, 0.1) is 18.0 Å². The number of amides is 2. The Morgan fingerprint density at radius 3 is 2.52 bits per heavy atom. The molecule has 2 aliphatic heterocycles. The summed E-state index contributed by atoms with van der Waals surface area (Å²) in [6.07, 6.45) is 9.45. The molecule has 2 amide bonds. The molecule has 3 N–H and O–H groups in total. The molecular formula is C35H41F2N7O4. The average Bonchev–Trinajstić information content (AvgIpc) is 3.57. The lowest BCUT2D eigenvalue weighted by Gasteiger charge is -2.37. The van der Waals surface area contributed by atoms with Crippen LogP contribution in [-0.2, 0) is 9.53 Å². The normalized spacial score (nSPS) is 19.1. The summed E-state index contributed by atoms with van der Waals surface area (Å²) in [6, 6.07) is 11.9. The zero-order chi connectivity index (χ0) is 33.6. The van der Waals surface area contributed by atoms with Crippen LogP contribution < -0.4 is 15.8 Å². The van der Waals surface area contributed by atoms with E-state index in [0.29, 0.717) is 56.4 Å². The number of benzene rings is 2. The summed E-state index contributed by atoms with van der Waals surface area (Å²) in [5, 5.41) is 3.32. The highest BCUT2D eigenvalue weighted by atomic mass is 19.3. The van der Waals surface area contributed by atoms with Crippen molar-refractivity contribution in [2.75, 3.05) is 44.6 Å². The minimum absolute atomic E-state index is 0.0103. The highest BCUT2D eigenvalue weighted by Crippen LogP contribution is 2.28. The monoisotopic (exact) mass is 661 g/mol. The summed E-state index contributed by atoms with van der Waals surface area (Å²) < 4.78 is 37.2. The molecule has 11 nitrogen and oxygen atoms in total. The van der Waals surface area contributed by atoms with E-state index in [9.17, 15) is 18.4 Å². The summed E-state index contributed by atoms with van der Waals surface area (Å²) in [4.78, 5) is 39.7. The summed E-state index contributed by atoms with van der Waals surface area (Å²) in [7, 11) is 0. The predicted molar refractivity (Wildman–Crippen MR) is 177 cm³/mol. The molecule has 0 spiro atoms. The first-order valence-corrected chi connectivity index (χ1v) is 16.5. The topological polar surface area (TPSA) is 127 Å². The van der Waals surface area contributed by atoms with Gasteiger partial charge in [0.25, 0.3) is 5.91 Å². The van der Waals surface area contributed by atoms with Crippen LogP contribution in [0.25, 0.3) is 16.9 Å². The Hall–Kier alpha value is -4.62. The number of aryl methyl sites for hydroxylation is 1. The summed E-state index contributed by atoms with van der Waals surface area (Å²) in [5.41, 5.74) is 10.1. The standard InChI is InChI=1S/C35H41F2N7O4/c1-23-20-26(41-31-32-40-22-30(44(32)14-13-39-31)24-5-9-27(10-6-24)48-35(36)37)8-12-29(23)34(46)43-17-15-42(16-18-43)33(45)25-4-2-3-19-47-28(21-38)11-7-25/h5-6,8-10,12-14,20,22,25,28,35H,2-4,7,11,15-19,21,38H2,1H3,(H,39,41). The lowest BCUT2D eigenvalue weighted by atomic mass is 9.94. The number of nitrogens with one attached hydrogen (secondary N) is 1. The Labute approximate surface area is 278 Å². The molecule has 2 aromatic carbocycles. The van der Waals surface area contributed by atoms with Crippen molar-refractivity contribution >= 4 is 29.0 Å². The number of anilines is 2. The SMILES string of the molecule is Cc1cc(Nc2nccn3c(-c4ccc(OC(F)F)cc4)cnc23)ccc1C(=O)N1CCN(C(=O)C2CCCCOC(CN)CC2)CC1.